The molecule has 7 nitrogen and oxygen atoms in total. The van der Waals surface area contributed by atoms with Crippen molar-refractivity contribution >= 4 is 5.91 Å². The first kappa shape index (κ1) is 15.4. The molecule has 4 atom stereocenters. The highest BCUT2D eigenvalue weighted by Gasteiger charge is 2.37. The van der Waals surface area contributed by atoms with Gasteiger partial charge >= 0.3 is 0 Å². The van der Waals surface area contributed by atoms with E-state index >= 15 is 0 Å². The third-order valence-corrected chi connectivity index (χ3v) is 4.96. The summed E-state index contributed by atoms with van der Waals surface area (Å²) in [7, 11) is 0. The first-order chi connectivity index (χ1) is 11.7. The van der Waals surface area contributed by atoms with Gasteiger partial charge in [0.25, 0.3) is 5.91 Å². The average Bonchev–Trinajstić information content (AvgIpc) is 3.27. The van der Waals surface area contributed by atoms with Crippen LogP contribution in [0.3, 0.4) is 0 Å². The normalized spacial score (nSPS) is 33.4. The van der Waals surface area contributed by atoms with Crippen molar-refractivity contribution in [3.63, 3.8) is 0 Å². The van der Waals surface area contributed by atoms with Crippen LogP contribution in [-0.4, -0.2) is 47.6 Å². The summed E-state index contributed by atoms with van der Waals surface area (Å²) in [6.07, 6.45) is 11.8. The van der Waals surface area contributed by atoms with Crippen LogP contribution in [0.1, 0.15) is 13.3 Å². The Kier molecular flexibility index (Phi) is 3.91. The number of aliphatic hydroxyl groups is 1. The zero-order valence-electron chi connectivity index (χ0n) is 13.6. The summed E-state index contributed by atoms with van der Waals surface area (Å²) in [5, 5.41) is 23.1. The van der Waals surface area contributed by atoms with Crippen LogP contribution in [0.5, 0.6) is 0 Å². The van der Waals surface area contributed by atoms with Crippen LogP contribution in [0.25, 0.3) is 0 Å². The van der Waals surface area contributed by atoms with Gasteiger partial charge in [0.15, 0.2) is 0 Å². The van der Waals surface area contributed by atoms with Crippen molar-refractivity contribution in [2.24, 2.45) is 5.92 Å². The lowest BCUT2D eigenvalue weighted by Crippen LogP contribution is -2.67. The smallest absolute Gasteiger partial charge is 0.252 e. The quantitative estimate of drug-likeness (QED) is 0.475. The van der Waals surface area contributed by atoms with E-state index in [4.69, 9.17) is 5.11 Å². The molecule has 7 heteroatoms. The molecule has 3 heterocycles. The van der Waals surface area contributed by atoms with Crippen LogP contribution in [0.2, 0.25) is 0 Å². The van der Waals surface area contributed by atoms with E-state index in [0.29, 0.717) is 12.5 Å². The van der Waals surface area contributed by atoms with Crippen molar-refractivity contribution in [2.75, 3.05) is 13.2 Å². The lowest BCUT2D eigenvalue weighted by Gasteiger charge is -2.41. The molecule has 1 amide bonds. The molecule has 0 spiro atoms. The molecule has 4 unspecified atom stereocenters. The summed E-state index contributed by atoms with van der Waals surface area (Å²) < 4.78 is 0. The standard InChI is InChI=1S/C17H23N5O2/c1-2-14-20-16-13(3-4-18-16)17(21-14)19-12-5-10-7-22(15(24)9-23)8-11(10)6-12/h3-7,13-14,16-21,23H,2,8-9H2,1H3. The second-order valence-electron chi connectivity index (χ2n) is 6.53. The first-order valence-electron chi connectivity index (χ1n) is 8.44. The third-order valence-electron chi connectivity index (χ3n) is 4.96. The number of nitrogens with one attached hydrogen (secondary N) is 4. The number of fused-ring (bicyclic) bond motifs is 2. The molecule has 0 bridgehead atoms. The van der Waals surface area contributed by atoms with E-state index in [9.17, 15) is 4.79 Å². The molecule has 4 aliphatic rings. The Bertz CT molecular complexity index is 666. The van der Waals surface area contributed by atoms with E-state index in [1.54, 1.807) is 4.90 Å². The number of allylic oxidation sites excluding steroid dienone is 2. The van der Waals surface area contributed by atoms with Crippen LogP contribution < -0.4 is 21.3 Å². The van der Waals surface area contributed by atoms with E-state index in [1.165, 1.54) is 0 Å². The predicted molar refractivity (Wildman–Crippen MR) is 89.9 cm³/mol. The highest BCUT2D eigenvalue weighted by Crippen LogP contribution is 2.30. The Morgan fingerprint density at radius 1 is 1.42 bits per heavy atom. The fraction of sp³-hybridized carbons (Fsp3) is 0.471. The molecule has 128 valence electrons. The van der Waals surface area contributed by atoms with Gasteiger partial charge in [-0.25, -0.2) is 0 Å². The summed E-state index contributed by atoms with van der Waals surface area (Å²) in [4.78, 5) is 13.1. The molecule has 0 saturated carbocycles. The van der Waals surface area contributed by atoms with Crippen LogP contribution >= 0.6 is 0 Å². The zero-order valence-corrected chi connectivity index (χ0v) is 13.6. The van der Waals surface area contributed by atoms with E-state index < -0.39 is 6.61 Å². The average molecular weight is 329 g/mol. The fourth-order valence-electron chi connectivity index (χ4n) is 3.66. The predicted octanol–water partition coefficient (Wildman–Crippen LogP) is -0.567. The monoisotopic (exact) mass is 329 g/mol. The second-order valence-corrected chi connectivity index (χ2v) is 6.53. The molecule has 5 N–H and O–H groups in total. The van der Waals surface area contributed by atoms with Gasteiger partial charge in [-0.05, 0) is 35.9 Å². The minimum Gasteiger partial charge on any atom is -0.387 e. The third kappa shape index (κ3) is 2.64. The maximum atomic E-state index is 11.6. The number of carbonyl (C=O) groups is 1. The molecule has 0 aromatic heterocycles. The molecule has 0 aromatic carbocycles. The van der Waals surface area contributed by atoms with Gasteiger partial charge in [-0.15, -0.1) is 0 Å². The van der Waals surface area contributed by atoms with Crippen molar-refractivity contribution in [3.8, 4) is 0 Å². The SMILES string of the molecule is CCC1NC2NC=CC2C(NC2=CC3=CN(C(=O)CO)CC3=C2)N1. The molecule has 1 aliphatic carbocycles. The van der Waals surface area contributed by atoms with Crippen LogP contribution in [0, 0.1) is 5.92 Å². The highest BCUT2D eigenvalue weighted by atomic mass is 16.3. The Morgan fingerprint density at radius 3 is 3.04 bits per heavy atom. The fourth-order valence-corrected chi connectivity index (χ4v) is 3.66. The summed E-state index contributed by atoms with van der Waals surface area (Å²) >= 11 is 0. The molecule has 3 aliphatic heterocycles. The molecule has 1 fully saturated rings. The Balaban J connectivity index is 1.46. The topological polar surface area (TPSA) is 88.7 Å². The van der Waals surface area contributed by atoms with E-state index in [2.05, 4.69) is 46.4 Å². The Labute approximate surface area is 141 Å². The van der Waals surface area contributed by atoms with Crippen molar-refractivity contribution in [1.82, 2.24) is 26.2 Å². The van der Waals surface area contributed by atoms with Gasteiger partial charge in [-0.2, -0.15) is 0 Å². The van der Waals surface area contributed by atoms with E-state index in [-0.39, 0.29) is 24.4 Å². The van der Waals surface area contributed by atoms with Crippen molar-refractivity contribution in [1.29, 1.82) is 0 Å². The van der Waals surface area contributed by atoms with E-state index in [0.717, 1.165) is 23.3 Å². The summed E-state index contributed by atoms with van der Waals surface area (Å²) in [6.45, 7) is 2.23. The van der Waals surface area contributed by atoms with Crippen molar-refractivity contribution in [2.45, 2.75) is 31.8 Å². The Hall–Kier alpha value is -2.09. The maximum Gasteiger partial charge on any atom is 0.252 e. The van der Waals surface area contributed by atoms with Gasteiger partial charge in [-0.1, -0.05) is 13.0 Å². The van der Waals surface area contributed by atoms with Crippen LogP contribution in [-0.2, 0) is 4.79 Å². The van der Waals surface area contributed by atoms with Crippen LogP contribution in [0.4, 0.5) is 0 Å². The summed E-state index contributed by atoms with van der Waals surface area (Å²) in [5.41, 5.74) is 3.20. The number of nitrogens with zero attached hydrogens (tertiary/aromatic N) is 1. The number of aliphatic hydroxyl groups excluding tert-OH is 1. The minimum absolute atomic E-state index is 0.144. The maximum absolute atomic E-state index is 11.6. The van der Waals surface area contributed by atoms with Gasteiger partial charge in [-0.3, -0.25) is 15.4 Å². The molecular weight excluding hydrogens is 306 g/mol. The van der Waals surface area contributed by atoms with Crippen LogP contribution in [0.15, 0.2) is 47.5 Å². The molecule has 0 radical (unpaired) electrons. The lowest BCUT2D eigenvalue weighted by atomic mass is 10.00. The zero-order chi connectivity index (χ0) is 16.7. The van der Waals surface area contributed by atoms with Gasteiger partial charge in [0, 0.05) is 17.8 Å². The number of carbonyl (C=O) groups excluding carboxylic acids is 1. The van der Waals surface area contributed by atoms with Gasteiger partial charge in [0.1, 0.15) is 6.61 Å². The number of hydrogen-bond acceptors (Lipinski definition) is 6. The number of rotatable bonds is 4. The molecular formula is C17H23N5O2. The molecule has 1 saturated heterocycles. The van der Waals surface area contributed by atoms with Gasteiger partial charge < -0.3 is 20.6 Å². The first-order valence-corrected chi connectivity index (χ1v) is 8.44. The summed E-state index contributed by atoms with van der Waals surface area (Å²) in [6, 6.07) is 0. The Morgan fingerprint density at radius 2 is 2.29 bits per heavy atom. The number of amides is 1. The van der Waals surface area contributed by atoms with Crippen molar-refractivity contribution < 1.29 is 9.90 Å². The molecule has 4 rings (SSSR count). The second kappa shape index (κ2) is 6.08. The summed E-state index contributed by atoms with van der Waals surface area (Å²) in [5.74, 6) is 0.0607. The minimum atomic E-state index is -0.453. The molecule has 24 heavy (non-hydrogen) atoms. The molecule has 0 aromatic rings. The number of hydrogen-bond donors (Lipinski definition) is 5. The highest BCUT2D eigenvalue weighted by molar-refractivity contribution is 5.80. The van der Waals surface area contributed by atoms with Gasteiger partial charge in [0.05, 0.1) is 25.0 Å². The van der Waals surface area contributed by atoms with E-state index in [1.807, 2.05) is 12.4 Å². The van der Waals surface area contributed by atoms with Crippen molar-refractivity contribution in [3.05, 3.63) is 47.5 Å². The largest absolute Gasteiger partial charge is 0.387 e. The lowest BCUT2D eigenvalue weighted by molar-refractivity contribution is -0.130. The van der Waals surface area contributed by atoms with Gasteiger partial charge in [0.2, 0.25) is 0 Å².